The van der Waals surface area contributed by atoms with E-state index in [-0.39, 0.29) is 12.2 Å². The van der Waals surface area contributed by atoms with Crippen molar-refractivity contribution in [3.05, 3.63) is 70.7 Å². The molecule has 0 radical (unpaired) electrons. The van der Waals surface area contributed by atoms with E-state index in [2.05, 4.69) is 6.92 Å². The highest BCUT2D eigenvalue weighted by Crippen LogP contribution is 2.44. The molecule has 24 heavy (non-hydrogen) atoms. The lowest BCUT2D eigenvalue weighted by molar-refractivity contribution is -0.142. The van der Waals surface area contributed by atoms with E-state index in [1.165, 1.54) is 0 Å². The second-order valence-electron chi connectivity index (χ2n) is 6.26. The summed E-state index contributed by atoms with van der Waals surface area (Å²) in [6, 6.07) is 17.7. The van der Waals surface area contributed by atoms with Gasteiger partial charge in [0.2, 0.25) is 0 Å². The van der Waals surface area contributed by atoms with Crippen molar-refractivity contribution in [3.8, 4) is 0 Å². The maximum Gasteiger partial charge on any atom is 0.0949 e. The lowest BCUT2D eigenvalue weighted by Crippen LogP contribution is -2.41. The number of aliphatic hydroxyl groups is 1. The molecule has 0 saturated carbocycles. The summed E-state index contributed by atoms with van der Waals surface area (Å²) in [5.41, 5.74) is 1.18. The summed E-state index contributed by atoms with van der Waals surface area (Å²) in [7, 11) is 0. The minimum atomic E-state index is -0.858. The van der Waals surface area contributed by atoms with Gasteiger partial charge in [-0.05, 0) is 29.0 Å². The molecular weight excluding hydrogens is 340 g/mol. The van der Waals surface area contributed by atoms with Crippen molar-refractivity contribution in [1.29, 1.82) is 0 Å². The molecule has 1 heterocycles. The Bertz CT molecular complexity index is 646. The summed E-state index contributed by atoms with van der Waals surface area (Å²) < 4.78 is 6.31. The van der Waals surface area contributed by atoms with Crippen molar-refractivity contribution in [2.45, 2.75) is 37.6 Å². The molecule has 0 unspecified atom stereocenters. The van der Waals surface area contributed by atoms with Gasteiger partial charge in [-0.3, -0.25) is 0 Å². The average molecular weight is 363 g/mol. The Kier molecular flexibility index (Phi) is 5.88. The number of hydrogen-bond acceptors (Lipinski definition) is 3. The molecule has 0 amide bonds. The van der Waals surface area contributed by atoms with Crippen LogP contribution in [0.5, 0.6) is 0 Å². The van der Waals surface area contributed by atoms with Crippen LogP contribution in [0.3, 0.4) is 0 Å². The molecular formula is C20H23ClO2S. The molecule has 3 rings (SSSR count). The fraction of sp³-hybridized carbons (Fsp3) is 0.400. The largest absolute Gasteiger partial charge is 0.385 e. The Balaban J connectivity index is 1.88. The standard InChI is InChI=1S/C20H23ClO2S/c1-2-24-14-18-12-20(22,16-6-4-3-5-7-16)13-19(23-18)15-8-10-17(21)11-9-15/h3-11,18-19,22H,2,12-14H2,1H3/t18-,19+,20-/m0/s1. The predicted octanol–water partition coefficient (Wildman–Crippen LogP) is 5.20. The van der Waals surface area contributed by atoms with Gasteiger partial charge in [-0.25, -0.2) is 0 Å². The summed E-state index contributed by atoms with van der Waals surface area (Å²) in [6.07, 6.45) is 1.11. The molecule has 2 aromatic rings. The van der Waals surface area contributed by atoms with Crippen molar-refractivity contribution < 1.29 is 9.84 Å². The zero-order chi connectivity index (χ0) is 17.0. The molecule has 1 aliphatic heterocycles. The summed E-state index contributed by atoms with van der Waals surface area (Å²) >= 11 is 7.86. The number of rotatable bonds is 5. The van der Waals surface area contributed by atoms with Gasteiger partial charge in [0.1, 0.15) is 0 Å². The lowest BCUT2D eigenvalue weighted by atomic mass is 9.80. The predicted molar refractivity (Wildman–Crippen MR) is 102 cm³/mol. The molecule has 1 aliphatic rings. The van der Waals surface area contributed by atoms with Gasteiger partial charge < -0.3 is 9.84 Å². The fourth-order valence-corrected chi connectivity index (χ4v) is 4.12. The highest BCUT2D eigenvalue weighted by atomic mass is 35.5. The van der Waals surface area contributed by atoms with E-state index >= 15 is 0 Å². The maximum atomic E-state index is 11.4. The first kappa shape index (κ1) is 17.8. The quantitative estimate of drug-likeness (QED) is 0.792. The van der Waals surface area contributed by atoms with Crippen LogP contribution in [0.25, 0.3) is 0 Å². The van der Waals surface area contributed by atoms with E-state index in [0.29, 0.717) is 17.9 Å². The number of halogens is 1. The van der Waals surface area contributed by atoms with Crippen molar-refractivity contribution in [3.63, 3.8) is 0 Å². The first-order chi connectivity index (χ1) is 11.6. The topological polar surface area (TPSA) is 29.5 Å². The number of hydrogen-bond donors (Lipinski definition) is 1. The first-order valence-corrected chi connectivity index (χ1v) is 9.90. The van der Waals surface area contributed by atoms with Crippen LogP contribution < -0.4 is 0 Å². The van der Waals surface area contributed by atoms with Crippen LogP contribution >= 0.6 is 23.4 Å². The lowest BCUT2D eigenvalue weighted by Gasteiger charge is -2.42. The van der Waals surface area contributed by atoms with Crippen LogP contribution in [-0.4, -0.2) is 22.7 Å². The molecule has 1 saturated heterocycles. The SMILES string of the molecule is CCSC[C@@H]1C[C@@](O)(c2ccccc2)C[C@H](c2ccc(Cl)cc2)O1. The van der Waals surface area contributed by atoms with E-state index in [1.807, 2.05) is 66.4 Å². The zero-order valence-corrected chi connectivity index (χ0v) is 15.4. The van der Waals surface area contributed by atoms with E-state index in [1.54, 1.807) is 0 Å². The van der Waals surface area contributed by atoms with Crippen LogP contribution in [0.1, 0.15) is 37.0 Å². The van der Waals surface area contributed by atoms with Gasteiger partial charge in [-0.2, -0.15) is 11.8 Å². The minimum Gasteiger partial charge on any atom is -0.385 e. The van der Waals surface area contributed by atoms with E-state index < -0.39 is 5.60 Å². The summed E-state index contributed by atoms with van der Waals surface area (Å²) in [4.78, 5) is 0. The van der Waals surface area contributed by atoms with Crippen molar-refractivity contribution in [2.75, 3.05) is 11.5 Å². The molecule has 2 nitrogen and oxygen atoms in total. The van der Waals surface area contributed by atoms with E-state index in [9.17, 15) is 5.11 Å². The highest BCUT2D eigenvalue weighted by molar-refractivity contribution is 7.99. The summed E-state index contributed by atoms with van der Waals surface area (Å²) in [5, 5.41) is 12.1. The van der Waals surface area contributed by atoms with E-state index in [0.717, 1.165) is 22.6 Å². The van der Waals surface area contributed by atoms with Crippen LogP contribution in [0.2, 0.25) is 5.02 Å². The van der Waals surface area contributed by atoms with Crippen LogP contribution in [0, 0.1) is 0 Å². The molecule has 1 N–H and O–H groups in total. The van der Waals surface area contributed by atoms with Gasteiger partial charge in [-0.15, -0.1) is 0 Å². The summed E-state index contributed by atoms with van der Waals surface area (Å²) in [6.45, 7) is 2.15. The Hall–Kier alpha value is -1.00. The molecule has 0 spiro atoms. The smallest absolute Gasteiger partial charge is 0.0949 e. The van der Waals surface area contributed by atoms with Crippen LogP contribution in [0.4, 0.5) is 0 Å². The average Bonchev–Trinajstić information content (AvgIpc) is 2.61. The van der Waals surface area contributed by atoms with Gasteiger partial charge >= 0.3 is 0 Å². The van der Waals surface area contributed by atoms with Crippen molar-refractivity contribution >= 4 is 23.4 Å². The van der Waals surface area contributed by atoms with Gasteiger partial charge in [0.15, 0.2) is 0 Å². The number of benzene rings is 2. The fourth-order valence-electron chi connectivity index (χ4n) is 3.30. The second kappa shape index (κ2) is 7.92. The Morgan fingerprint density at radius 3 is 2.50 bits per heavy atom. The van der Waals surface area contributed by atoms with Gasteiger partial charge in [0.25, 0.3) is 0 Å². The molecule has 0 bridgehead atoms. The van der Waals surface area contributed by atoms with Crippen molar-refractivity contribution in [1.82, 2.24) is 0 Å². The van der Waals surface area contributed by atoms with Gasteiger partial charge in [-0.1, -0.05) is 61.0 Å². The third kappa shape index (κ3) is 4.15. The maximum absolute atomic E-state index is 11.4. The number of thioether (sulfide) groups is 1. The van der Waals surface area contributed by atoms with E-state index in [4.69, 9.17) is 16.3 Å². The zero-order valence-electron chi connectivity index (χ0n) is 13.8. The molecule has 3 atom stereocenters. The van der Waals surface area contributed by atoms with Crippen molar-refractivity contribution in [2.24, 2.45) is 0 Å². The van der Waals surface area contributed by atoms with Crippen LogP contribution in [-0.2, 0) is 10.3 Å². The summed E-state index contributed by atoms with van der Waals surface area (Å²) in [5.74, 6) is 1.95. The Morgan fingerprint density at radius 1 is 1.12 bits per heavy atom. The first-order valence-electron chi connectivity index (χ1n) is 8.37. The second-order valence-corrected chi connectivity index (χ2v) is 8.02. The molecule has 0 aliphatic carbocycles. The highest BCUT2D eigenvalue weighted by Gasteiger charge is 2.41. The minimum absolute atomic E-state index is 0.0367. The molecule has 1 fully saturated rings. The molecule has 4 heteroatoms. The van der Waals surface area contributed by atoms with Gasteiger partial charge in [0.05, 0.1) is 17.8 Å². The Morgan fingerprint density at radius 2 is 1.83 bits per heavy atom. The third-order valence-corrected chi connectivity index (χ3v) is 5.77. The third-order valence-electron chi connectivity index (χ3n) is 4.51. The molecule has 0 aromatic heterocycles. The normalized spacial score (nSPS) is 27.1. The van der Waals surface area contributed by atoms with Crippen LogP contribution in [0.15, 0.2) is 54.6 Å². The molecule has 128 valence electrons. The van der Waals surface area contributed by atoms with Gasteiger partial charge in [0, 0.05) is 23.6 Å². The molecule has 2 aromatic carbocycles. The number of ether oxygens (including phenoxy) is 1. The monoisotopic (exact) mass is 362 g/mol. The Labute approximate surface area is 153 Å².